The largest absolute Gasteiger partial charge is 0.458 e. The Morgan fingerprint density at radius 2 is 1.95 bits per heavy atom. The first-order valence-electron chi connectivity index (χ1n) is 14.0. The molecule has 0 radical (unpaired) electrons. The molecule has 2 aliphatic heterocycles. The van der Waals surface area contributed by atoms with E-state index in [0.29, 0.717) is 19.4 Å². The van der Waals surface area contributed by atoms with Crippen LogP contribution in [-0.2, 0) is 14.3 Å². The molecule has 0 spiro atoms. The van der Waals surface area contributed by atoms with Gasteiger partial charge in [-0.3, -0.25) is 9.59 Å². The van der Waals surface area contributed by atoms with Crippen molar-refractivity contribution >= 4 is 35.2 Å². The maximum absolute atomic E-state index is 13.3. The number of rotatable bonds is 3. The van der Waals surface area contributed by atoms with Crippen LogP contribution in [0.1, 0.15) is 84.3 Å². The lowest BCUT2D eigenvalue weighted by atomic mass is 9.73. The molecule has 3 rings (SSSR count). The lowest BCUT2D eigenvalue weighted by molar-refractivity contribution is -0.154. The van der Waals surface area contributed by atoms with Crippen LogP contribution in [0.15, 0.2) is 11.0 Å². The highest BCUT2D eigenvalue weighted by Crippen LogP contribution is 2.39. The molecule has 2 amide bonds. The number of aryl methyl sites for hydroxylation is 1. The topological polar surface area (TPSA) is 129 Å². The molecule has 10 heteroatoms. The Hall–Kier alpha value is -2.30. The summed E-state index contributed by atoms with van der Waals surface area (Å²) in [4.78, 5) is 45.6. The first-order valence-corrected chi connectivity index (χ1v) is 14.9. The fraction of sp³-hybridized carbons (Fsp3) is 0.724. The molecule has 0 aliphatic carbocycles. The number of esters is 1. The number of nitrogens with zero attached hydrogens (tertiary/aromatic N) is 2. The lowest BCUT2D eigenvalue weighted by Crippen LogP contribution is -2.45. The van der Waals surface area contributed by atoms with Gasteiger partial charge in [0.25, 0.3) is 0 Å². The zero-order valence-corrected chi connectivity index (χ0v) is 25.1. The molecule has 2 saturated heterocycles. The molecule has 0 aromatic carbocycles. The van der Waals surface area contributed by atoms with Crippen LogP contribution in [0.4, 0.5) is 4.79 Å². The molecule has 218 valence electrons. The lowest BCUT2D eigenvalue weighted by Gasteiger charge is -2.34. The molecule has 2 fully saturated rings. The minimum Gasteiger partial charge on any atom is -0.458 e. The first-order chi connectivity index (χ1) is 18.3. The number of hydrogen-bond donors (Lipinski definition) is 3. The molecule has 9 nitrogen and oxygen atoms in total. The molecule has 1 aromatic rings. The average Bonchev–Trinajstić information content (AvgIpc) is 3.39. The van der Waals surface area contributed by atoms with Crippen LogP contribution in [-0.4, -0.2) is 74.8 Å². The van der Waals surface area contributed by atoms with E-state index in [9.17, 15) is 24.6 Å². The van der Waals surface area contributed by atoms with Gasteiger partial charge >= 0.3 is 12.0 Å². The molecule has 0 bridgehead atoms. The number of thiazole rings is 1. The van der Waals surface area contributed by atoms with E-state index in [1.165, 1.54) is 11.3 Å². The third-order valence-electron chi connectivity index (χ3n) is 8.38. The smallest absolute Gasteiger partial charge is 0.318 e. The number of Topliss-reactive ketones (excluding diaryl/α,β-unsaturated/α-hetero) is 1. The number of aliphatic hydroxyl groups is 2. The van der Waals surface area contributed by atoms with Gasteiger partial charge in [-0.05, 0) is 51.2 Å². The van der Waals surface area contributed by atoms with Crippen LogP contribution in [0.3, 0.4) is 0 Å². The van der Waals surface area contributed by atoms with Gasteiger partial charge < -0.3 is 25.2 Å². The van der Waals surface area contributed by atoms with E-state index >= 15 is 0 Å². The van der Waals surface area contributed by atoms with E-state index in [4.69, 9.17) is 4.74 Å². The Balaban J connectivity index is 1.92. The molecule has 3 heterocycles. The number of fused-ring (bicyclic) bond motifs is 1. The van der Waals surface area contributed by atoms with E-state index in [1.807, 2.05) is 44.1 Å². The van der Waals surface area contributed by atoms with Crippen LogP contribution >= 0.6 is 11.3 Å². The van der Waals surface area contributed by atoms with Crippen molar-refractivity contribution in [3.05, 3.63) is 21.7 Å². The van der Waals surface area contributed by atoms with Gasteiger partial charge in [-0.2, -0.15) is 0 Å². The van der Waals surface area contributed by atoms with Crippen molar-refractivity contribution in [2.75, 3.05) is 6.54 Å². The Morgan fingerprint density at radius 1 is 1.26 bits per heavy atom. The number of aromatic nitrogens is 1. The fourth-order valence-corrected chi connectivity index (χ4v) is 6.21. The van der Waals surface area contributed by atoms with E-state index in [2.05, 4.69) is 10.3 Å². The molecule has 1 unspecified atom stereocenters. The summed E-state index contributed by atoms with van der Waals surface area (Å²) in [5, 5.41) is 27.6. The van der Waals surface area contributed by atoms with Crippen molar-refractivity contribution in [2.45, 2.75) is 111 Å². The van der Waals surface area contributed by atoms with Gasteiger partial charge in [-0.15, -0.1) is 11.3 Å². The number of ether oxygens (including phenoxy) is 1. The number of cyclic esters (lactones) is 1. The predicted molar refractivity (Wildman–Crippen MR) is 151 cm³/mol. The number of carbonyl (C=O) groups is 3. The zero-order chi connectivity index (χ0) is 29.1. The third-order valence-corrected chi connectivity index (χ3v) is 9.17. The molecule has 0 saturated carbocycles. The van der Waals surface area contributed by atoms with Crippen LogP contribution in [0.2, 0.25) is 0 Å². The van der Waals surface area contributed by atoms with E-state index in [-0.39, 0.29) is 36.2 Å². The minimum atomic E-state index is -1.28. The normalized spacial score (nSPS) is 32.8. The maximum atomic E-state index is 13.3. The summed E-state index contributed by atoms with van der Waals surface area (Å²) in [7, 11) is 0. The Labute approximate surface area is 236 Å². The number of hydrogen-bond acceptors (Lipinski definition) is 8. The summed E-state index contributed by atoms with van der Waals surface area (Å²) < 4.78 is 5.93. The SMILES string of the molecule is CCNC(=O)N1[C@@H]2CCC[C@H](C)C(O)[C@@H](C)C(=O)C(C)(C)[C@@H](O)CC(=O)O[C@H](/C(C)=C/c3csc(C)n3)C[C@@H]21. The summed E-state index contributed by atoms with van der Waals surface area (Å²) in [6, 6.07) is -0.255. The van der Waals surface area contributed by atoms with E-state index < -0.39 is 35.6 Å². The van der Waals surface area contributed by atoms with E-state index in [0.717, 1.165) is 29.1 Å². The minimum absolute atomic E-state index is 0.00658. The Kier molecular flexibility index (Phi) is 10.3. The van der Waals surface area contributed by atoms with Crippen molar-refractivity contribution in [2.24, 2.45) is 17.3 Å². The van der Waals surface area contributed by atoms with Gasteiger partial charge in [0, 0.05) is 24.3 Å². The summed E-state index contributed by atoms with van der Waals surface area (Å²) in [6.45, 7) is 13.0. The highest BCUT2D eigenvalue weighted by molar-refractivity contribution is 7.09. The van der Waals surface area contributed by atoms with Crippen LogP contribution in [0.5, 0.6) is 0 Å². The van der Waals surface area contributed by atoms with Crippen molar-refractivity contribution in [1.82, 2.24) is 15.2 Å². The molecular formula is C29H45N3O6S. The molecular weight excluding hydrogens is 518 g/mol. The van der Waals surface area contributed by atoms with Crippen molar-refractivity contribution in [3.8, 4) is 0 Å². The van der Waals surface area contributed by atoms with Crippen LogP contribution in [0.25, 0.3) is 6.08 Å². The number of aliphatic hydroxyl groups excluding tert-OH is 2. The van der Waals surface area contributed by atoms with Gasteiger partial charge in [0.1, 0.15) is 11.9 Å². The number of carbonyl (C=O) groups excluding carboxylic acids is 3. The first kappa shape index (κ1) is 31.2. The van der Waals surface area contributed by atoms with Crippen molar-refractivity contribution < 1.29 is 29.3 Å². The van der Waals surface area contributed by atoms with Crippen LogP contribution < -0.4 is 5.32 Å². The monoisotopic (exact) mass is 563 g/mol. The number of urea groups is 1. The molecule has 39 heavy (non-hydrogen) atoms. The predicted octanol–water partition coefficient (Wildman–Crippen LogP) is 4.10. The summed E-state index contributed by atoms with van der Waals surface area (Å²) >= 11 is 1.53. The second-order valence-corrected chi connectivity index (χ2v) is 12.8. The van der Waals surface area contributed by atoms with Crippen LogP contribution in [0, 0.1) is 24.2 Å². The van der Waals surface area contributed by atoms with E-state index in [1.54, 1.807) is 20.8 Å². The van der Waals surface area contributed by atoms with Crippen molar-refractivity contribution in [1.29, 1.82) is 0 Å². The van der Waals surface area contributed by atoms with Gasteiger partial charge in [-0.1, -0.05) is 34.1 Å². The summed E-state index contributed by atoms with van der Waals surface area (Å²) in [5.74, 6) is -1.74. The van der Waals surface area contributed by atoms with Gasteiger partial charge in [0.2, 0.25) is 0 Å². The standard InChI is InChI=1S/C29H45N3O6S/c1-8-30-28(37)32-21-11-9-10-16(2)26(35)18(4)27(36)29(6,7)24(33)14-25(34)38-23(13-22(21)32)17(3)12-20-15-39-19(5)31-20/h12,15-16,18,21-24,26,33,35H,8-11,13-14H2,1-7H3,(H,30,37)/b17-12+/t16-,18+,21+,22-,23-,24-,26?,32?/m0/s1. The third kappa shape index (κ3) is 7.46. The van der Waals surface area contributed by atoms with Gasteiger partial charge in [0.05, 0.1) is 46.8 Å². The number of nitrogens with one attached hydrogen (secondary N) is 1. The molecule has 1 aromatic heterocycles. The summed E-state index contributed by atoms with van der Waals surface area (Å²) in [5.41, 5.74) is 0.330. The average molecular weight is 564 g/mol. The second kappa shape index (κ2) is 12.9. The molecule has 2 aliphatic rings. The quantitative estimate of drug-likeness (QED) is 0.373. The maximum Gasteiger partial charge on any atom is 0.318 e. The van der Waals surface area contributed by atoms with Gasteiger partial charge in [0.15, 0.2) is 0 Å². The summed E-state index contributed by atoms with van der Waals surface area (Å²) in [6.07, 6.45) is 1.42. The number of ketones is 1. The Bertz CT molecular complexity index is 1070. The van der Waals surface area contributed by atoms with Gasteiger partial charge in [-0.25, -0.2) is 9.78 Å². The highest BCUT2D eigenvalue weighted by Gasteiger charge is 2.51. The Morgan fingerprint density at radius 3 is 2.56 bits per heavy atom. The zero-order valence-electron chi connectivity index (χ0n) is 24.3. The number of amides is 2. The highest BCUT2D eigenvalue weighted by atomic mass is 32.1. The molecule has 3 N–H and O–H groups in total. The second-order valence-electron chi connectivity index (χ2n) is 11.8. The molecule has 7 atom stereocenters. The fourth-order valence-electron chi connectivity index (χ4n) is 5.64. The van der Waals surface area contributed by atoms with Crippen molar-refractivity contribution in [3.63, 3.8) is 0 Å².